The molecule has 0 spiro atoms. The van der Waals surface area contributed by atoms with Crippen molar-refractivity contribution in [1.29, 1.82) is 0 Å². The summed E-state index contributed by atoms with van der Waals surface area (Å²) in [6.45, 7) is 1.87. The van der Waals surface area contributed by atoms with Crippen LogP contribution < -0.4 is 20.7 Å². The molecule has 1 aromatic carbocycles. The summed E-state index contributed by atoms with van der Waals surface area (Å²) in [5, 5.41) is 3.24. The standard InChI is InChI=1S/C15H19N5O/c1-17-11-8-20(9-11)14-7-13(18-15(16)19-14)10-4-3-5-12(6-10)21-2/h3-7,11,17H,8-9H2,1-2H3,(H2,16,18,19). The van der Waals surface area contributed by atoms with E-state index >= 15 is 0 Å². The molecule has 0 amide bonds. The summed E-state index contributed by atoms with van der Waals surface area (Å²) >= 11 is 0. The topological polar surface area (TPSA) is 76.3 Å². The number of hydrogen-bond acceptors (Lipinski definition) is 6. The predicted molar refractivity (Wildman–Crippen MR) is 83.5 cm³/mol. The molecule has 110 valence electrons. The van der Waals surface area contributed by atoms with E-state index in [9.17, 15) is 0 Å². The molecule has 0 saturated carbocycles. The van der Waals surface area contributed by atoms with Gasteiger partial charge in [0.05, 0.1) is 12.8 Å². The molecule has 0 aliphatic carbocycles. The summed E-state index contributed by atoms with van der Waals surface area (Å²) in [5.41, 5.74) is 7.63. The van der Waals surface area contributed by atoms with Crippen molar-refractivity contribution in [2.24, 2.45) is 0 Å². The van der Waals surface area contributed by atoms with Crippen LogP contribution in [0.15, 0.2) is 30.3 Å². The Kier molecular flexibility index (Phi) is 3.62. The highest BCUT2D eigenvalue weighted by molar-refractivity contribution is 5.66. The highest BCUT2D eigenvalue weighted by atomic mass is 16.5. The molecule has 1 saturated heterocycles. The summed E-state index contributed by atoms with van der Waals surface area (Å²) in [5.74, 6) is 1.95. The first-order chi connectivity index (χ1) is 10.2. The summed E-state index contributed by atoms with van der Waals surface area (Å²) in [6, 6.07) is 10.3. The van der Waals surface area contributed by atoms with E-state index < -0.39 is 0 Å². The number of nitrogen functional groups attached to an aromatic ring is 1. The average Bonchev–Trinajstić information content (AvgIpc) is 2.46. The number of likely N-dealkylation sites (N-methyl/N-ethyl adjacent to an activating group) is 1. The van der Waals surface area contributed by atoms with Gasteiger partial charge < -0.3 is 20.7 Å². The number of anilines is 2. The lowest BCUT2D eigenvalue weighted by Crippen LogP contribution is -2.57. The van der Waals surface area contributed by atoms with E-state index in [0.717, 1.165) is 35.9 Å². The number of nitrogens with one attached hydrogen (secondary N) is 1. The van der Waals surface area contributed by atoms with Gasteiger partial charge in [-0.3, -0.25) is 0 Å². The molecule has 3 N–H and O–H groups in total. The zero-order valence-electron chi connectivity index (χ0n) is 12.2. The molecule has 1 fully saturated rings. The van der Waals surface area contributed by atoms with Crippen molar-refractivity contribution in [2.75, 3.05) is 37.9 Å². The van der Waals surface area contributed by atoms with Crippen LogP contribution in [-0.4, -0.2) is 43.3 Å². The number of hydrogen-bond donors (Lipinski definition) is 2. The molecule has 1 aliphatic rings. The molecule has 1 aromatic heterocycles. The number of benzene rings is 1. The normalized spacial score (nSPS) is 14.9. The Morgan fingerprint density at radius 1 is 1.29 bits per heavy atom. The van der Waals surface area contributed by atoms with Gasteiger partial charge in [-0.05, 0) is 19.2 Å². The van der Waals surface area contributed by atoms with Crippen molar-refractivity contribution in [3.8, 4) is 17.0 Å². The van der Waals surface area contributed by atoms with Crippen LogP contribution in [0.2, 0.25) is 0 Å². The smallest absolute Gasteiger partial charge is 0.222 e. The van der Waals surface area contributed by atoms with Crippen LogP contribution in [-0.2, 0) is 0 Å². The molecule has 2 aromatic rings. The Morgan fingerprint density at radius 2 is 2.10 bits per heavy atom. The molecular weight excluding hydrogens is 266 g/mol. The minimum Gasteiger partial charge on any atom is -0.497 e. The highest BCUT2D eigenvalue weighted by Crippen LogP contribution is 2.27. The second-order valence-corrected chi connectivity index (χ2v) is 5.09. The molecule has 2 heterocycles. The molecule has 0 bridgehead atoms. The van der Waals surface area contributed by atoms with Crippen LogP contribution in [0.5, 0.6) is 5.75 Å². The minimum absolute atomic E-state index is 0.290. The van der Waals surface area contributed by atoms with Crippen molar-refractivity contribution in [3.63, 3.8) is 0 Å². The third-order valence-electron chi connectivity index (χ3n) is 3.71. The fraction of sp³-hybridized carbons (Fsp3) is 0.333. The average molecular weight is 285 g/mol. The van der Waals surface area contributed by atoms with Gasteiger partial charge in [0.1, 0.15) is 11.6 Å². The van der Waals surface area contributed by atoms with E-state index in [4.69, 9.17) is 10.5 Å². The first-order valence-corrected chi connectivity index (χ1v) is 6.91. The maximum Gasteiger partial charge on any atom is 0.222 e. The van der Waals surface area contributed by atoms with Crippen molar-refractivity contribution < 1.29 is 4.74 Å². The molecule has 0 radical (unpaired) electrons. The first-order valence-electron chi connectivity index (χ1n) is 6.91. The van der Waals surface area contributed by atoms with E-state index in [1.165, 1.54) is 0 Å². The SMILES string of the molecule is CNC1CN(c2cc(-c3cccc(OC)c3)nc(N)n2)C1. The molecule has 0 atom stereocenters. The van der Waals surface area contributed by atoms with Crippen LogP contribution in [0, 0.1) is 0 Å². The van der Waals surface area contributed by atoms with E-state index in [0.29, 0.717) is 12.0 Å². The molecule has 6 nitrogen and oxygen atoms in total. The third kappa shape index (κ3) is 2.75. The third-order valence-corrected chi connectivity index (χ3v) is 3.71. The van der Waals surface area contributed by atoms with Crippen LogP contribution in [0.3, 0.4) is 0 Å². The zero-order chi connectivity index (χ0) is 14.8. The number of methoxy groups -OCH3 is 1. The minimum atomic E-state index is 0.290. The number of nitrogens with two attached hydrogens (primary N) is 1. The maximum absolute atomic E-state index is 5.86. The van der Waals surface area contributed by atoms with E-state index in [2.05, 4.69) is 20.2 Å². The number of rotatable bonds is 4. The number of aromatic nitrogens is 2. The lowest BCUT2D eigenvalue weighted by molar-refractivity contribution is 0.415. The Balaban J connectivity index is 1.90. The highest BCUT2D eigenvalue weighted by Gasteiger charge is 2.26. The van der Waals surface area contributed by atoms with Crippen LogP contribution >= 0.6 is 0 Å². The van der Waals surface area contributed by atoms with Crippen molar-refractivity contribution in [2.45, 2.75) is 6.04 Å². The Morgan fingerprint density at radius 3 is 2.81 bits per heavy atom. The van der Waals surface area contributed by atoms with Crippen molar-refractivity contribution in [3.05, 3.63) is 30.3 Å². The molecule has 6 heteroatoms. The van der Waals surface area contributed by atoms with Gasteiger partial charge in [0, 0.05) is 30.8 Å². The molecule has 21 heavy (non-hydrogen) atoms. The van der Waals surface area contributed by atoms with E-state index in [-0.39, 0.29) is 0 Å². The van der Waals surface area contributed by atoms with Gasteiger partial charge in [0.15, 0.2) is 0 Å². The molecule has 1 aliphatic heterocycles. The first kappa shape index (κ1) is 13.6. The maximum atomic E-state index is 5.86. The monoisotopic (exact) mass is 285 g/mol. The largest absolute Gasteiger partial charge is 0.497 e. The lowest BCUT2D eigenvalue weighted by atomic mass is 10.1. The fourth-order valence-electron chi connectivity index (χ4n) is 2.39. The van der Waals surface area contributed by atoms with Gasteiger partial charge in [-0.25, -0.2) is 4.98 Å². The predicted octanol–water partition coefficient (Wildman–Crippen LogP) is 1.14. The van der Waals surface area contributed by atoms with Gasteiger partial charge in [-0.15, -0.1) is 0 Å². The van der Waals surface area contributed by atoms with E-state index in [1.807, 2.05) is 37.4 Å². The molecule has 3 rings (SSSR count). The van der Waals surface area contributed by atoms with E-state index in [1.54, 1.807) is 7.11 Å². The Hall–Kier alpha value is -2.34. The van der Waals surface area contributed by atoms with Gasteiger partial charge in [0.2, 0.25) is 5.95 Å². The second kappa shape index (κ2) is 5.57. The quantitative estimate of drug-likeness (QED) is 0.877. The summed E-state index contributed by atoms with van der Waals surface area (Å²) < 4.78 is 5.25. The Labute approximate surface area is 124 Å². The Bertz CT molecular complexity index is 640. The van der Waals surface area contributed by atoms with Crippen LogP contribution in [0.25, 0.3) is 11.3 Å². The fourth-order valence-corrected chi connectivity index (χ4v) is 2.39. The van der Waals surface area contributed by atoms with Gasteiger partial charge in [-0.2, -0.15) is 4.98 Å². The summed E-state index contributed by atoms with van der Waals surface area (Å²) in [6.07, 6.45) is 0. The van der Waals surface area contributed by atoms with Gasteiger partial charge >= 0.3 is 0 Å². The summed E-state index contributed by atoms with van der Waals surface area (Å²) in [7, 11) is 3.62. The van der Waals surface area contributed by atoms with Crippen LogP contribution in [0.4, 0.5) is 11.8 Å². The van der Waals surface area contributed by atoms with Crippen LogP contribution in [0.1, 0.15) is 0 Å². The molecular formula is C15H19N5O. The number of nitrogens with zero attached hydrogens (tertiary/aromatic N) is 3. The molecule has 0 unspecified atom stereocenters. The van der Waals surface area contributed by atoms with Crippen molar-refractivity contribution in [1.82, 2.24) is 15.3 Å². The van der Waals surface area contributed by atoms with Crippen molar-refractivity contribution >= 4 is 11.8 Å². The van der Waals surface area contributed by atoms with Gasteiger partial charge in [0.25, 0.3) is 0 Å². The lowest BCUT2D eigenvalue weighted by Gasteiger charge is -2.40. The number of ether oxygens (including phenoxy) is 1. The summed E-state index contributed by atoms with van der Waals surface area (Å²) in [4.78, 5) is 10.8. The van der Waals surface area contributed by atoms with Gasteiger partial charge in [-0.1, -0.05) is 12.1 Å². The zero-order valence-corrected chi connectivity index (χ0v) is 12.2. The second-order valence-electron chi connectivity index (χ2n) is 5.09.